The van der Waals surface area contributed by atoms with Crippen molar-refractivity contribution in [3.63, 3.8) is 0 Å². The Morgan fingerprint density at radius 2 is 2.20 bits per heavy atom. The molecule has 5 nitrogen and oxygen atoms in total. The van der Waals surface area contributed by atoms with Crippen molar-refractivity contribution in [3.05, 3.63) is 29.6 Å². The van der Waals surface area contributed by atoms with Crippen LogP contribution in [0, 0.1) is 5.82 Å². The molecule has 1 aromatic carbocycles. The van der Waals surface area contributed by atoms with Gasteiger partial charge in [0.05, 0.1) is 17.0 Å². The van der Waals surface area contributed by atoms with Crippen molar-refractivity contribution in [3.8, 4) is 0 Å². The maximum Gasteiger partial charge on any atom is 0.243 e. The van der Waals surface area contributed by atoms with Crippen LogP contribution in [0.15, 0.2) is 23.1 Å². The third kappa shape index (κ3) is 2.58. The van der Waals surface area contributed by atoms with Gasteiger partial charge in [0, 0.05) is 25.8 Å². The maximum atomic E-state index is 13.7. The first-order valence-corrected chi connectivity index (χ1v) is 7.90. The number of halogens is 1. The third-order valence-corrected chi connectivity index (χ3v) is 5.71. The Morgan fingerprint density at radius 3 is 2.75 bits per heavy atom. The molecule has 0 amide bonds. The third-order valence-electron chi connectivity index (χ3n) is 3.74. The second-order valence-corrected chi connectivity index (χ2v) is 6.84. The van der Waals surface area contributed by atoms with Crippen LogP contribution in [-0.2, 0) is 21.3 Å². The normalized spacial score (nSPS) is 23.4. The lowest BCUT2D eigenvalue weighted by atomic mass is 10.2. The van der Waals surface area contributed by atoms with Crippen molar-refractivity contribution >= 4 is 10.0 Å². The van der Waals surface area contributed by atoms with Crippen LogP contribution in [0.25, 0.3) is 0 Å². The van der Waals surface area contributed by atoms with E-state index in [4.69, 9.17) is 10.5 Å². The summed E-state index contributed by atoms with van der Waals surface area (Å²) in [4.78, 5) is -0.0680. The van der Waals surface area contributed by atoms with Crippen molar-refractivity contribution in [1.82, 2.24) is 4.31 Å². The first-order chi connectivity index (χ1) is 9.39. The van der Waals surface area contributed by atoms with Crippen molar-refractivity contribution in [2.75, 3.05) is 13.7 Å². The molecule has 0 bridgehead atoms. The molecule has 1 heterocycles. The Hall–Kier alpha value is -1.02. The maximum absolute atomic E-state index is 13.7. The molecule has 2 unspecified atom stereocenters. The van der Waals surface area contributed by atoms with E-state index in [-0.39, 0.29) is 29.1 Å². The molecule has 2 rings (SSSR count). The lowest BCUT2D eigenvalue weighted by Crippen LogP contribution is -2.41. The molecule has 1 saturated heterocycles. The van der Waals surface area contributed by atoms with Crippen LogP contribution in [0.2, 0.25) is 0 Å². The Labute approximate surface area is 118 Å². The van der Waals surface area contributed by atoms with Gasteiger partial charge in [-0.2, -0.15) is 4.31 Å². The predicted molar refractivity (Wildman–Crippen MR) is 73.1 cm³/mol. The standard InChI is InChI=1S/C13H19FN2O3S/c1-9-12(6-7-19-9)16(2)20(17,18)13-5-3-4-11(14)10(13)8-15/h3-5,9,12H,6-8,15H2,1-2H3. The van der Waals surface area contributed by atoms with Crippen LogP contribution in [0.3, 0.4) is 0 Å². The zero-order valence-corrected chi connectivity index (χ0v) is 12.4. The second-order valence-electron chi connectivity index (χ2n) is 4.87. The molecule has 0 spiro atoms. The van der Waals surface area contributed by atoms with Crippen molar-refractivity contribution in [2.45, 2.75) is 36.9 Å². The fraction of sp³-hybridized carbons (Fsp3) is 0.538. The van der Waals surface area contributed by atoms with Gasteiger partial charge in [-0.05, 0) is 25.5 Å². The van der Waals surface area contributed by atoms with E-state index in [1.165, 1.54) is 29.6 Å². The largest absolute Gasteiger partial charge is 0.377 e. The molecule has 0 aliphatic carbocycles. The van der Waals surface area contributed by atoms with Gasteiger partial charge in [0.15, 0.2) is 0 Å². The highest BCUT2D eigenvalue weighted by molar-refractivity contribution is 7.89. The summed E-state index contributed by atoms with van der Waals surface area (Å²) in [6, 6.07) is 3.73. The van der Waals surface area contributed by atoms with Gasteiger partial charge >= 0.3 is 0 Å². The zero-order chi connectivity index (χ0) is 14.9. The summed E-state index contributed by atoms with van der Waals surface area (Å²) in [6.07, 6.45) is 0.453. The van der Waals surface area contributed by atoms with Gasteiger partial charge in [-0.1, -0.05) is 6.07 Å². The summed E-state index contributed by atoms with van der Waals surface area (Å²) in [5, 5.41) is 0. The monoisotopic (exact) mass is 302 g/mol. The molecule has 0 radical (unpaired) electrons. The highest BCUT2D eigenvalue weighted by Gasteiger charge is 2.36. The number of nitrogens with two attached hydrogens (primary N) is 1. The summed E-state index contributed by atoms with van der Waals surface area (Å²) >= 11 is 0. The van der Waals surface area contributed by atoms with Gasteiger partial charge in [-0.15, -0.1) is 0 Å². The molecule has 1 aliphatic heterocycles. The fourth-order valence-electron chi connectivity index (χ4n) is 2.51. The van der Waals surface area contributed by atoms with Gasteiger partial charge in [-0.25, -0.2) is 12.8 Å². The van der Waals surface area contributed by atoms with Gasteiger partial charge in [0.1, 0.15) is 5.82 Å². The number of ether oxygens (including phenoxy) is 1. The van der Waals surface area contributed by atoms with E-state index in [0.29, 0.717) is 13.0 Å². The summed E-state index contributed by atoms with van der Waals surface area (Å²) < 4.78 is 45.7. The lowest BCUT2D eigenvalue weighted by molar-refractivity contribution is 0.102. The number of likely N-dealkylation sites (N-methyl/N-ethyl adjacent to an activating group) is 1. The average molecular weight is 302 g/mol. The van der Waals surface area contributed by atoms with E-state index >= 15 is 0 Å². The molecule has 2 atom stereocenters. The van der Waals surface area contributed by atoms with Crippen LogP contribution >= 0.6 is 0 Å². The SMILES string of the molecule is CC1OCCC1N(C)S(=O)(=O)c1cccc(F)c1CN. The van der Waals surface area contributed by atoms with Gasteiger partial charge in [0.2, 0.25) is 10.0 Å². The molecule has 0 aromatic heterocycles. The Bertz CT molecular complexity index is 591. The van der Waals surface area contributed by atoms with Gasteiger partial charge in [-0.3, -0.25) is 0 Å². The van der Waals surface area contributed by atoms with Crippen LogP contribution in [0.4, 0.5) is 4.39 Å². The highest BCUT2D eigenvalue weighted by Crippen LogP contribution is 2.27. The molecule has 20 heavy (non-hydrogen) atoms. The number of benzene rings is 1. The number of rotatable bonds is 4. The minimum atomic E-state index is -3.79. The molecular weight excluding hydrogens is 283 g/mol. The average Bonchev–Trinajstić information content (AvgIpc) is 2.83. The minimum absolute atomic E-state index is 0.0194. The fourth-order valence-corrected chi connectivity index (χ4v) is 4.20. The molecule has 112 valence electrons. The van der Waals surface area contributed by atoms with E-state index in [1.807, 2.05) is 6.92 Å². The van der Waals surface area contributed by atoms with E-state index in [0.717, 1.165) is 0 Å². The van der Waals surface area contributed by atoms with Gasteiger partial charge in [0.25, 0.3) is 0 Å². The first-order valence-electron chi connectivity index (χ1n) is 6.46. The second kappa shape index (κ2) is 5.77. The minimum Gasteiger partial charge on any atom is -0.377 e. The smallest absolute Gasteiger partial charge is 0.243 e. The molecule has 2 N–H and O–H groups in total. The van der Waals surface area contributed by atoms with Crippen LogP contribution in [-0.4, -0.2) is 38.5 Å². The number of hydrogen-bond acceptors (Lipinski definition) is 4. The zero-order valence-electron chi connectivity index (χ0n) is 11.5. The van der Waals surface area contributed by atoms with E-state index in [1.54, 1.807) is 0 Å². The topological polar surface area (TPSA) is 72.6 Å². The van der Waals surface area contributed by atoms with E-state index in [2.05, 4.69) is 0 Å². The molecule has 1 aromatic rings. The van der Waals surface area contributed by atoms with Crippen molar-refractivity contribution in [1.29, 1.82) is 0 Å². The number of sulfonamides is 1. The predicted octanol–water partition coefficient (Wildman–Crippen LogP) is 1.08. The van der Waals surface area contributed by atoms with Crippen LogP contribution in [0.5, 0.6) is 0 Å². The Kier molecular flexibility index (Phi) is 4.43. The number of hydrogen-bond donors (Lipinski definition) is 1. The first kappa shape index (κ1) is 15.4. The van der Waals surface area contributed by atoms with E-state index in [9.17, 15) is 12.8 Å². The van der Waals surface area contributed by atoms with Gasteiger partial charge < -0.3 is 10.5 Å². The number of nitrogens with zero attached hydrogens (tertiary/aromatic N) is 1. The highest BCUT2D eigenvalue weighted by atomic mass is 32.2. The summed E-state index contributed by atoms with van der Waals surface area (Å²) in [5.41, 5.74) is 5.50. The molecular formula is C13H19FN2O3S. The quantitative estimate of drug-likeness (QED) is 0.903. The summed E-state index contributed by atoms with van der Waals surface area (Å²) in [5.74, 6) is -0.599. The van der Waals surface area contributed by atoms with E-state index < -0.39 is 15.8 Å². The molecule has 1 aliphatic rings. The van der Waals surface area contributed by atoms with Crippen molar-refractivity contribution < 1.29 is 17.5 Å². The van der Waals surface area contributed by atoms with Crippen LogP contribution < -0.4 is 5.73 Å². The summed E-state index contributed by atoms with van der Waals surface area (Å²) in [7, 11) is -2.29. The Morgan fingerprint density at radius 1 is 1.50 bits per heavy atom. The lowest BCUT2D eigenvalue weighted by Gasteiger charge is -2.26. The Balaban J connectivity index is 2.42. The molecule has 0 saturated carbocycles. The van der Waals surface area contributed by atoms with Crippen LogP contribution in [0.1, 0.15) is 18.9 Å². The molecule has 7 heteroatoms. The molecule has 1 fully saturated rings. The summed E-state index contributed by atoms with van der Waals surface area (Å²) in [6.45, 7) is 2.20. The van der Waals surface area contributed by atoms with Crippen molar-refractivity contribution in [2.24, 2.45) is 5.73 Å².